The number of benzene rings is 1. The van der Waals surface area contributed by atoms with Crippen LogP contribution in [-0.2, 0) is 24.1 Å². The second-order valence-corrected chi connectivity index (χ2v) is 8.09. The van der Waals surface area contributed by atoms with Gasteiger partial charge in [0.05, 0.1) is 12.1 Å². The van der Waals surface area contributed by atoms with Crippen molar-refractivity contribution in [3.8, 4) is 0 Å². The minimum absolute atomic E-state index is 0.0946. The summed E-state index contributed by atoms with van der Waals surface area (Å²) < 4.78 is 0. The first-order chi connectivity index (χ1) is 12.6. The topological polar surface area (TPSA) is 75.4 Å². The lowest BCUT2D eigenvalue weighted by Gasteiger charge is -2.30. The molecule has 2 aliphatic rings. The van der Waals surface area contributed by atoms with Crippen LogP contribution >= 0.6 is 11.3 Å². The SMILES string of the molecule is NC(=O)c1c(NC(=O)CN2CCCc3ccccc32)sc2c1CCCC2. The number of hydrogen-bond donors (Lipinski definition) is 2. The number of thiophene rings is 1. The molecule has 4 rings (SSSR count). The van der Waals surface area contributed by atoms with Gasteiger partial charge < -0.3 is 16.0 Å². The maximum atomic E-state index is 12.7. The van der Waals surface area contributed by atoms with Gasteiger partial charge in [0.15, 0.2) is 0 Å². The molecule has 1 aromatic heterocycles. The highest BCUT2D eigenvalue weighted by Gasteiger charge is 2.26. The van der Waals surface area contributed by atoms with E-state index in [9.17, 15) is 9.59 Å². The van der Waals surface area contributed by atoms with Gasteiger partial charge in [0.2, 0.25) is 5.91 Å². The van der Waals surface area contributed by atoms with Crippen molar-refractivity contribution in [2.45, 2.75) is 38.5 Å². The lowest BCUT2D eigenvalue weighted by atomic mass is 9.95. The molecule has 136 valence electrons. The largest absolute Gasteiger partial charge is 0.365 e. The van der Waals surface area contributed by atoms with Gasteiger partial charge in [-0.25, -0.2) is 0 Å². The molecule has 0 spiro atoms. The molecular weight excluding hydrogens is 346 g/mol. The summed E-state index contributed by atoms with van der Waals surface area (Å²) in [6, 6.07) is 8.24. The predicted molar refractivity (Wildman–Crippen MR) is 105 cm³/mol. The Morgan fingerprint density at radius 3 is 2.77 bits per heavy atom. The molecule has 0 saturated carbocycles. The van der Waals surface area contributed by atoms with Crippen molar-refractivity contribution >= 4 is 33.8 Å². The predicted octanol–water partition coefficient (Wildman–Crippen LogP) is 3.12. The molecule has 6 heteroatoms. The zero-order valence-corrected chi connectivity index (χ0v) is 15.5. The van der Waals surface area contributed by atoms with Gasteiger partial charge >= 0.3 is 0 Å². The van der Waals surface area contributed by atoms with Crippen molar-refractivity contribution < 1.29 is 9.59 Å². The van der Waals surface area contributed by atoms with Crippen molar-refractivity contribution in [1.29, 1.82) is 0 Å². The van der Waals surface area contributed by atoms with E-state index in [1.54, 1.807) is 0 Å². The number of nitrogens with zero attached hydrogens (tertiary/aromatic N) is 1. The fraction of sp³-hybridized carbons (Fsp3) is 0.400. The molecule has 0 unspecified atom stereocenters. The number of anilines is 2. The van der Waals surface area contributed by atoms with E-state index < -0.39 is 5.91 Å². The second kappa shape index (κ2) is 7.11. The Hall–Kier alpha value is -2.34. The Balaban J connectivity index is 1.53. The van der Waals surface area contributed by atoms with Crippen LogP contribution in [0.2, 0.25) is 0 Å². The summed E-state index contributed by atoms with van der Waals surface area (Å²) in [5, 5.41) is 3.59. The standard InChI is InChI=1S/C20H23N3O2S/c21-19(25)18-14-8-2-4-10-16(14)26-20(18)22-17(24)12-23-11-5-7-13-6-1-3-9-15(13)23/h1,3,6,9H,2,4-5,7-8,10-12H2,(H2,21,25)(H,22,24). The van der Waals surface area contributed by atoms with E-state index in [-0.39, 0.29) is 12.5 Å². The number of rotatable bonds is 4. The fourth-order valence-corrected chi connectivity index (χ4v) is 5.34. The average molecular weight is 369 g/mol. The molecule has 1 aromatic carbocycles. The van der Waals surface area contributed by atoms with E-state index in [4.69, 9.17) is 5.73 Å². The summed E-state index contributed by atoms with van der Waals surface area (Å²) in [4.78, 5) is 28.0. The highest BCUT2D eigenvalue weighted by Crippen LogP contribution is 2.38. The molecule has 3 N–H and O–H groups in total. The van der Waals surface area contributed by atoms with Crippen LogP contribution in [0.15, 0.2) is 24.3 Å². The van der Waals surface area contributed by atoms with Gasteiger partial charge in [-0.2, -0.15) is 0 Å². The van der Waals surface area contributed by atoms with Crippen LogP contribution in [0.5, 0.6) is 0 Å². The Kier molecular flexibility index (Phi) is 4.68. The first-order valence-corrected chi connectivity index (χ1v) is 10.0. The molecule has 1 aliphatic heterocycles. The first-order valence-electron chi connectivity index (χ1n) is 9.20. The average Bonchev–Trinajstić information content (AvgIpc) is 2.99. The fourth-order valence-electron chi connectivity index (χ4n) is 4.03. The normalized spacial score (nSPS) is 15.9. The van der Waals surface area contributed by atoms with Crippen LogP contribution in [0.1, 0.15) is 45.6 Å². The Morgan fingerprint density at radius 2 is 1.92 bits per heavy atom. The number of carbonyl (C=O) groups excluding carboxylic acids is 2. The molecule has 2 heterocycles. The van der Waals surface area contributed by atoms with E-state index in [2.05, 4.69) is 22.3 Å². The molecule has 2 amide bonds. The molecule has 2 aromatic rings. The molecule has 0 radical (unpaired) electrons. The van der Waals surface area contributed by atoms with Crippen LogP contribution in [0.3, 0.4) is 0 Å². The molecule has 0 fully saturated rings. The van der Waals surface area contributed by atoms with Crippen LogP contribution in [0.25, 0.3) is 0 Å². The number of aryl methyl sites for hydroxylation is 2. The molecular formula is C20H23N3O2S. The zero-order chi connectivity index (χ0) is 18.1. The van der Waals surface area contributed by atoms with E-state index in [0.29, 0.717) is 10.6 Å². The number of primary amides is 1. The lowest BCUT2D eigenvalue weighted by molar-refractivity contribution is -0.115. The molecule has 26 heavy (non-hydrogen) atoms. The number of amides is 2. The minimum atomic E-state index is -0.442. The van der Waals surface area contributed by atoms with Crippen molar-refractivity contribution in [1.82, 2.24) is 0 Å². The van der Waals surface area contributed by atoms with Gasteiger partial charge in [0.25, 0.3) is 5.91 Å². The van der Waals surface area contributed by atoms with Gasteiger partial charge in [-0.1, -0.05) is 18.2 Å². The van der Waals surface area contributed by atoms with Gasteiger partial charge in [0.1, 0.15) is 5.00 Å². The van der Waals surface area contributed by atoms with Crippen molar-refractivity contribution in [2.24, 2.45) is 5.73 Å². The zero-order valence-electron chi connectivity index (χ0n) is 14.7. The summed E-state index contributed by atoms with van der Waals surface area (Å²) >= 11 is 1.51. The molecule has 0 atom stereocenters. The number of hydrogen-bond acceptors (Lipinski definition) is 4. The van der Waals surface area contributed by atoms with E-state index in [1.807, 2.05) is 12.1 Å². The smallest absolute Gasteiger partial charge is 0.251 e. The number of carbonyl (C=O) groups is 2. The van der Waals surface area contributed by atoms with Gasteiger partial charge in [-0.3, -0.25) is 9.59 Å². The van der Waals surface area contributed by atoms with Gasteiger partial charge in [-0.05, 0) is 55.7 Å². The minimum Gasteiger partial charge on any atom is -0.365 e. The lowest BCUT2D eigenvalue weighted by Crippen LogP contribution is -2.36. The third-order valence-corrected chi connectivity index (χ3v) is 6.42. The maximum Gasteiger partial charge on any atom is 0.251 e. The molecule has 1 aliphatic carbocycles. The van der Waals surface area contributed by atoms with Crippen LogP contribution in [0.4, 0.5) is 10.7 Å². The van der Waals surface area contributed by atoms with Crippen LogP contribution in [0, 0.1) is 0 Å². The summed E-state index contributed by atoms with van der Waals surface area (Å²) in [5.41, 5.74) is 9.61. The molecule has 0 saturated heterocycles. The maximum absolute atomic E-state index is 12.7. The van der Waals surface area contributed by atoms with E-state index >= 15 is 0 Å². The summed E-state index contributed by atoms with van der Waals surface area (Å²) in [6.45, 7) is 1.16. The summed E-state index contributed by atoms with van der Waals surface area (Å²) in [7, 11) is 0. The summed E-state index contributed by atoms with van der Waals surface area (Å²) in [5.74, 6) is -0.536. The Labute approximate surface area is 157 Å². The Morgan fingerprint density at radius 1 is 1.12 bits per heavy atom. The number of para-hydroxylation sites is 1. The molecule has 0 bridgehead atoms. The van der Waals surface area contributed by atoms with E-state index in [1.165, 1.54) is 21.8 Å². The Bertz CT molecular complexity index is 859. The monoisotopic (exact) mass is 369 g/mol. The highest BCUT2D eigenvalue weighted by atomic mass is 32.1. The van der Waals surface area contributed by atoms with Gasteiger partial charge in [-0.15, -0.1) is 11.3 Å². The third kappa shape index (κ3) is 3.21. The van der Waals surface area contributed by atoms with Gasteiger partial charge in [0, 0.05) is 17.1 Å². The number of nitrogens with two attached hydrogens (primary N) is 1. The second-order valence-electron chi connectivity index (χ2n) is 6.98. The first kappa shape index (κ1) is 17.1. The number of nitrogens with one attached hydrogen (secondary N) is 1. The molecule has 5 nitrogen and oxygen atoms in total. The third-order valence-electron chi connectivity index (χ3n) is 5.21. The van der Waals surface area contributed by atoms with Crippen LogP contribution in [-0.4, -0.2) is 24.9 Å². The van der Waals surface area contributed by atoms with Crippen molar-refractivity contribution in [3.63, 3.8) is 0 Å². The van der Waals surface area contributed by atoms with Crippen molar-refractivity contribution in [3.05, 3.63) is 45.8 Å². The quantitative estimate of drug-likeness (QED) is 0.869. The number of fused-ring (bicyclic) bond motifs is 2. The van der Waals surface area contributed by atoms with E-state index in [0.717, 1.165) is 56.3 Å². The van der Waals surface area contributed by atoms with Crippen LogP contribution < -0.4 is 16.0 Å². The highest BCUT2D eigenvalue weighted by molar-refractivity contribution is 7.17. The van der Waals surface area contributed by atoms with Crippen molar-refractivity contribution in [2.75, 3.05) is 23.3 Å². The summed E-state index contributed by atoms with van der Waals surface area (Å²) in [6.07, 6.45) is 6.14.